The molecule has 1 heterocycles. The van der Waals surface area contributed by atoms with E-state index < -0.39 is 0 Å². The van der Waals surface area contributed by atoms with E-state index in [4.69, 9.17) is 4.74 Å². The van der Waals surface area contributed by atoms with Crippen LogP contribution in [0.25, 0.3) is 0 Å². The van der Waals surface area contributed by atoms with Gasteiger partial charge in [-0.1, -0.05) is 30.3 Å². The smallest absolute Gasteiger partial charge is 0.0594 e. The molecule has 0 radical (unpaired) electrons. The highest BCUT2D eigenvalue weighted by Gasteiger charge is 2.15. The van der Waals surface area contributed by atoms with Crippen molar-refractivity contribution in [2.75, 3.05) is 39.9 Å². The van der Waals surface area contributed by atoms with E-state index in [0.29, 0.717) is 6.04 Å². The Morgan fingerprint density at radius 2 is 1.94 bits per heavy atom. The van der Waals surface area contributed by atoms with Crippen molar-refractivity contribution in [2.45, 2.75) is 12.5 Å². The molecule has 0 saturated carbocycles. The van der Waals surface area contributed by atoms with Crippen molar-refractivity contribution in [3.05, 3.63) is 35.9 Å². The Bertz CT molecular complexity index is 309. The lowest BCUT2D eigenvalue weighted by molar-refractivity contribution is 0.0339. The van der Waals surface area contributed by atoms with Crippen LogP contribution < -0.4 is 5.32 Å². The first-order chi connectivity index (χ1) is 8.38. The Kier molecular flexibility index (Phi) is 4.98. The number of hydrogen-bond acceptors (Lipinski definition) is 3. The van der Waals surface area contributed by atoms with E-state index in [1.807, 2.05) is 7.05 Å². The van der Waals surface area contributed by atoms with E-state index in [1.54, 1.807) is 0 Å². The summed E-state index contributed by atoms with van der Waals surface area (Å²) in [6.07, 6.45) is 1.09. The van der Waals surface area contributed by atoms with Gasteiger partial charge in [-0.25, -0.2) is 0 Å². The van der Waals surface area contributed by atoms with Gasteiger partial charge >= 0.3 is 0 Å². The van der Waals surface area contributed by atoms with Crippen LogP contribution in [0.1, 0.15) is 5.56 Å². The highest BCUT2D eigenvalue weighted by molar-refractivity contribution is 5.16. The lowest BCUT2D eigenvalue weighted by Gasteiger charge is -2.30. The molecule has 1 unspecified atom stereocenters. The molecule has 1 aromatic rings. The second-order valence-electron chi connectivity index (χ2n) is 4.59. The van der Waals surface area contributed by atoms with Gasteiger partial charge < -0.3 is 10.1 Å². The lowest BCUT2D eigenvalue weighted by Crippen LogP contribution is -2.45. The summed E-state index contributed by atoms with van der Waals surface area (Å²) in [7, 11) is 2.05. The Morgan fingerprint density at radius 1 is 1.24 bits per heavy atom. The van der Waals surface area contributed by atoms with Crippen LogP contribution in [0.4, 0.5) is 0 Å². The van der Waals surface area contributed by atoms with Crippen LogP contribution >= 0.6 is 0 Å². The average Bonchev–Trinajstić information content (AvgIpc) is 2.40. The number of rotatable bonds is 5. The highest BCUT2D eigenvalue weighted by Crippen LogP contribution is 2.05. The van der Waals surface area contributed by atoms with Crippen molar-refractivity contribution < 1.29 is 4.74 Å². The van der Waals surface area contributed by atoms with Gasteiger partial charge in [0.05, 0.1) is 13.2 Å². The summed E-state index contributed by atoms with van der Waals surface area (Å²) in [5, 5.41) is 3.42. The summed E-state index contributed by atoms with van der Waals surface area (Å²) in [6.45, 7) is 4.98. The van der Waals surface area contributed by atoms with E-state index in [0.717, 1.165) is 39.3 Å². The predicted octanol–water partition coefficient (Wildman–Crippen LogP) is 1.15. The van der Waals surface area contributed by atoms with Gasteiger partial charge in [0.2, 0.25) is 0 Å². The number of ether oxygens (including phenoxy) is 1. The molecule has 1 aliphatic rings. The van der Waals surface area contributed by atoms with Gasteiger partial charge in [0.25, 0.3) is 0 Å². The van der Waals surface area contributed by atoms with Gasteiger partial charge in [-0.3, -0.25) is 4.90 Å². The Labute approximate surface area is 104 Å². The maximum absolute atomic E-state index is 5.37. The quantitative estimate of drug-likeness (QED) is 0.827. The fourth-order valence-corrected chi connectivity index (χ4v) is 2.25. The van der Waals surface area contributed by atoms with Crippen molar-refractivity contribution in [2.24, 2.45) is 0 Å². The first-order valence-corrected chi connectivity index (χ1v) is 6.40. The minimum absolute atomic E-state index is 0.524. The molecule has 1 atom stereocenters. The third kappa shape index (κ3) is 4.11. The number of nitrogens with one attached hydrogen (secondary N) is 1. The molecule has 1 N–H and O–H groups in total. The Hall–Kier alpha value is -0.900. The first-order valence-electron chi connectivity index (χ1n) is 6.40. The zero-order valence-corrected chi connectivity index (χ0v) is 10.6. The second-order valence-corrected chi connectivity index (χ2v) is 4.59. The van der Waals surface area contributed by atoms with Gasteiger partial charge in [-0.05, 0) is 19.0 Å². The van der Waals surface area contributed by atoms with E-state index in [2.05, 4.69) is 40.5 Å². The number of morpholine rings is 1. The lowest BCUT2D eigenvalue weighted by atomic mass is 10.1. The number of benzene rings is 1. The van der Waals surface area contributed by atoms with Gasteiger partial charge in [-0.15, -0.1) is 0 Å². The molecule has 1 aromatic carbocycles. The van der Waals surface area contributed by atoms with E-state index in [1.165, 1.54) is 5.56 Å². The van der Waals surface area contributed by atoms with Crippen molar-refractivity contribution in [3.8, 4) is 0 Å². The molecule has 2 rings (SSSR count). The maximum atomic E-state index is 5.37. The van der Waals surface area contributed by atoms with Crippen LogP contribution in [-0.4, -0.2) is 50.8 Å². The van der Waals surface area contributed by atoms with Gasteiger partial charge in [0.15, 0.2) is 0 Å². The van der Waals surface area contributed by atoms with E-state index >= 15 is 0 Å². The number of hydrogen-bond donors (Lipinski definition) is 1. The fraction of sp³-hybridized carbons (Fsp3) is 0.571. The summed E-state index contributed by atoms with van der Waals surface area (Å²) in [6, 6.07) is 11.2. The fourth-order valence-electron chi connectivity index (χ4n) is 2.25. The molecule has 17 heavy (non-hydrogen) atoms. The molecule has 1 aliphatic heterocycles. The number of nitrogens with zero attached hydrogens (tertiary/aromatic N) is 1. The van der Waals surface area contributed by atoms with Crippen molar-refractivity contribution >= 4 is 0 Å². The molecule has 0 bridgehead atoms. The summed E-state index contributed by atoms with van der Waals surface area (Å²) in [5.41, 5.74) is 1.40. The van der Waals surface area contributed by atoms with E-state index in [-0.39, 0.29) is 0 Å². The topological polar surface area (TPSA) is 24.5 Å². The van der Waals surface area contributed by atoms with Crippen molar-refractivity contribution in [3.63, 3.8) is 0 Å². The third-order valence-corrected chi connectivity index (χ3v) is 3.32. The highest BCUT2D eigenvalue weighted by atomic mass is 16.5. The number of likely N-dealkylation sites (N-methyl/N-ethyl adjacent to an activating group) is 1. The minimum Gasteiger partial charge on any atom is -0.379 e. The van der Waals surface area contributed by atoms with Gasteiger partial charge in [0.1, 0.15) is 0 Å². The zero-order chi connectivity index (χ0) is 11.9. The van der Waals surface area contributed by atoms with Crippen LogP contribution in [0.5, 0.6) is 0 Å². The van der Waals surface area contributed by atoms with E-state index in [9.17, 15) is 0 Å². The Morgan fingerprint density at radius 3 is 2.59 bits per heavy atom. The second kappa shape index (κ2) is 6.74. The van der Waals surface area contributed by atoms with Gasteiger partial charge in [0, 0.05) is 25.7 Å². The molecule has 0 spiro atoms. The molecule has 3 heteroatoms. The SMILES string of the molecule is CNC(Cc1ccccc1)CN1CCOCC1. The van der Waals surface area contributed by atoms with Crippen LogP contribution in [-0.2, 0) is 11.2 Å². The minimum atomic E-state index is 0.524. The normalized spacial score (nSPS) is 19.1. The molecule has 1 fully saturated rings. The van der Waals surface area contributed by atoms with Gasteiger partial charge in [-0.2, -0.15) is 0 Å². The van der Waals surface area contributed by atoms with Crippen LogP contribution in [0, 0.1) is 0 Å². The first kappa shape index (κ1) is 12.6. The molecule has 0 amide bonds. The third-order valence-electron chi connectivity index (χ3n) is 3.32. The molecular weight excluding hydrogens is 212 g/mol. The van der Waals surface area contributed by atoms with Crippen molar-refractivity contribution in [1.82, 2.24) is 10.2 Å². The van der Waals surface area contributed by atoms with Crippen LogP contribution in [0.2, 0.25) is 0 Å². The summed E-state index contributed by atoms with van der Waals surface area (Å²) >= 11 is 0. The molecule has 3 nitrogen and oxygen atoms in total. The molecule has 94 valence electrons. The zero-order valence-electron chi connectivity index (χ0n) is 10.6. The standard InChI is InChI=1S/C14H22N2O/c1-15-14(11-13-5-3-2-4-6-13)12-16-7-9-17-10-8-16/h2-6,14-15H,7-12H2,1H3. The molecular formula is C14H22N2O. The predicted molar refractivity (Wildman–Crippen MR) is 70.3 cm³/mol. The largest absolute Gasteiger partial charge is 0.379 e. The summed E-state index contributed by atoms with van der Waals surface area (Å²) in [4.78, 5) is 2.48. The van der Waals surface area contributed by atoms with Crippen LogP contribution in [0.15, 0.2) is 30.3 Å². The van der Waals surface area contributed by atoms with Crippen LogP contribution in [0.3, 0.4) is 0 Å². The summed E-state index contributed by atoms with van der Waals surface area (Å²) < 4.78 is 5.37. The monoisotopic (exact) mass is 234 g/mol. The molecule has 1 saturated heterocycles. The molecule has 0 aromatic heterocycles. The average molecular weight is 234 g/mol. The maximum Gasteiger partial charge on any atom is 0.0594 e. The summed E-state index contributed by atoms with van der Waals surface area (Å²) in [5.74, 6) is 0. The van der Waals surface area contributed by atoms with Crippen molar-refractivity contribution in [1.29, 1.82) is 0 Å². The Balaban J connectivity index is 1.83. The molecule has 0 aliphatic carbocycles.